The van der Waals surface area contributed by atoms with E-state index in [1.807, 2.05) is 0 Å². The molecule has 1 heterocycles. The average Bonchev–Trinajstić information content (AvgIpc) is 3.07. The van der Waals surface area contributed by atoms with Crippen molar-refractivity contribution in [2.24, 2.45) is 0 Å². The van der Waals surface area contributed by atoms with E-state index in [4.69, 9.17) is 9.15 Å². The van der Waals surface area contributed by atoms with Crippen LogP contribution in [-0.4, -0.2) is 43.4 Å². The number of amides is 2. The van der Waals surface area contributed by atoms with Crippen LogP contribution >= 0.6 is 0 Å². The molecular weight excluding hydrogens is 300 g/mol. The molecule has 0 aliphatic rings. The number of nitrogens with one attached hydrogen (secondary N) is 1. The Morgan fingerprint density at radius 2 is 1.83 bits per heavy atom. The number of hydrogen-bond acceptors (Lipinski definition) is 5. The lowest BCUT2D eigenvalue weighted by Crippen LogP contribution is -2.22. The van der Waals surface area contributed by atoms with Gasteiger partial charge in [0.2, 0.25) is 5.76 Å². The standard InChI is InChI=1S/C16H16N2O5/c1-18(2)15(20)11-5-7-12(8-6-11)17-14(19)10-23-16(21)13-4-3-9-22-13/h3-9H,10H2,1-2H3,(H,17,19). The Balaban J connectivity index is 1.85. The number of benzene rings is 1. The highest BCUT2D eigenvalue weighted by atomic mass is 16.5. The normalized spacial score (nSPS) is 10.0. The summed E-state index contributed by atoms with van der Waals surface area (Å²) in [7, 11) is 3.32. The third-order valence-corrected chi connectivity index (χ3v) is 2.88. The van der Waals surface area contributed by atoms with Crippen LogP contribution in [0.3, 0.4) is 0 Å². The SMILES string of the molecule is CN(C)C(=O)c1ccc(NC(=O)COC(=O)c2ccco2)cc1. The molecule has 0 radical (unpaired) electrons. The molecule has 1 aromatic carbocycles. The van der Waals surface area contributed by atoms with E-state index in [-0.39, 0.29) is 11.7 Å². The molecule has 1 aromatic heterocycles. The lowest BCUT2D eigenvalue weighted by Gasteiger charge is -2.11. The van der Waals surface area contributed by atoms with Crippen LogP contribution in [0.15, 0.2) is 47.1 Å². The lowest BCUT2D eigenvalue weighted by molar-refractivity contribution is -0.119. The zero-order chi connectivity index (χ0) is 16.8. The second-order valence-electron chi connectivity index (χ2n) is 4.88. The Morgan fingerprint density at radius 3 is 2.39 bits per heavy atom. The summed E-state index contributed by atoms with van der Waals surface area (Å²) in [4.78, 5) is 36.4. The third-order valence-electron chi connectivity index (χ3n) is 2.88. The fourth-order valence-corrected chi connectivity index (χ4v) is 1.75. The molecule has 2 aromatic rings. The fraction of sp³-hybridized carbons (Fsp3) is 0.188. The molecule has 0 aliphatic heterocycles. The predicted molar refractivity (Wildman–Crippen MR) is 82.1 cm³/mol. The van der Waals surface area contributed by atoms with E-state index < -0.39 is 18.5 Å². The maximum atomic E-state index is 11.7. The molecule has 120 valence electrons. The molecule has 0 aliphatic carbocycles. The number of furan rings is 1. The number of carbonyl (C=O) groups is 3. The molecule has 7 nitrogen and oxygen atoms in total. The molecule has 2 amide bonds. The van der Waals surface area contributed by atoms with Gasteiger partial charge in [0.15, 0.2) is 6.61 Å². The lowest BCUT2D eigenvalue weighted by atomic mass is 10.2. The summed E-state index contributed by atoms with van der Waals surface area (Å²) in [5.41, 5.74) is 1.01. The van der Waals surface area contributed by atoms with Crippen LogP contribution in [0.2, 0.25) is 0 Å². The first-order valence-corrected chi connectivity index (χ1v) is 6.79. The van der Waals surface area contributed by atoms with Crippen LogP contribution in [0.4, 0.5) is 5.69 Å². The minimum absolute atomic E-state index is 0.0318. The van der Waals surface area contributed by atoms with Crippen molar-refractivity contribution in [3.8, 4) is 0 Å². The molecule has 23 heavy (non-hydrogen) atoms. The number of anilines is 1. The highest BCUT2D eigenvalue weighted by Gasteiger charge is 2.13. The zero-order valence-electron chi connectivity index (χ0n) is 12.7. The minimum atomic E-state index is -0.711. The van der Waals surface area contributed by atoms with E-state index in [9.17, 15) is 14.4 Å². The van der Waals surface area contributed by atoms with E-state index in [1.165, 1.54) is 17.2 Å². The van der Waals surface area contributed by atoms with Crippen LogP contribution < -0.4 is 5.32 Å². The quantitative estimate of drug-likeness (QED) is 0.849. The van der Waals surface area contributed by atoms with Gasteiger partial charge in [-0.15, -0.1) is 0 Å². The van der Waals surface area contributed by atoms with Gasteiger partial charge in [0.05, 0.1) is 6.26 Å². The number of esters is 1. The van der Waals surface area contributed by atoms with Gasteiger partial charge in [-0.1, -0.05) is 0 Å². The van der Waals surface area contributed by atoms with E-state index in [0.717, 1.165) is 0 Å². The van der Waals surface area contributed by atoms with E-state index in [0.29, 0.717) is 11.3 Å². The van der Waals surface area contributed by atoms with Crippen LogP contribution in [-0.2, 0) is 9.53 Å². The molecule has 0 spiro atoms. The Kier molecular flexibility index (Phi) is 5.14. The number of hydrogen-bond donors (Lipinski definition) is 1. The first-order valence-electron chi connectivity index (χ1n) is 6.79. The summed E-state index contributed by atoms with van der Waals surface area (Å²) in [6, 6.07) is 9.40. The third kappa shape index (κ3) is 4.44. The fourth-order valence-electron chi connectivity index (χ4n) is 1.75. The molecule has 7 heteroatoms. The maximum absolute atomic E-state index is 11.7. The molecule has 1 N–H and O–H groups in total. The van der Waals surface area contributed by atoms with E-state index in [2.05, 4.69) is 5.32 Å². The number of rotatable bonds is 5. The van der Waals surface area contributed by atoms with Crippen molar-refractivity contribution < 1.29 is 23.5 Å². The monoisotopic (exact) mass is 316 g/mol. The first kappa shape index (κ1) is 16.3. The van der Waals surface area contributed by atoms with Gasteiger partial charge in [0.1, 0.15) is 0 Å². The predicted octanol–water partition coefficient (Wildman–Crippen LogP) is 1.78. The van der Waals surface area contributed by atoms with Gasteiger partial charge < -0.3 is 19.4 Å². The van der Waals surface area contributed by atoms with E-state index >= 15 is 0 Å². The van der Waals surface area contributed by atoms with Crippen molar-refractivity contribution in [2.75, 3.05) is 26.0 Å². The highest BCUT2D eigenvalue weighted by molar-refractivity contribution is 5.96. The summed E-state index contributed by atoms with van der Waals surface area (Å²) >= 11 is 0. The molecular formula is C16H16N2O5. The van der Waals surface area contributed by atoms with Crippen molar-refractivity contribution >= 4 is 23.5 Å². The molecule has 0 atom stereocenters. The number of ether oxygens (including phenoxy) is 1. The van der Waals surface area contributed by atoms with Gasteiger partial charge in [0, 0.05) is 25.3 Å². The van der Waals surface area contributed by atoms with Gasteiger partial charge in [-0.05, 0) is 36.4 Å². The van der Waals surface area contributed by atoms with Crippen molar-refractivity contribution in [3.63, 3.8) is 0 Å². The zero-order valence-corrected chi connectivity index (χ0v) is 12.7. The summed E-state index contributed by atoms with van der Waals surface area (Å²) in [5.74, 6) is -1.30. The van der Waals surface area contributed by atoms with Crippen molar-refractivity contribution in [1.82, 2.24) is 4.90 Å². The Morgan fingerprint density at radius 1 is 1.13 bits per heavy atom. The Hall–Kier alpha value is -3.09. The van der Waals surface area contributed by atoms with Crippen LogP contribution in [0, 0.1) is 0 Å². The Labute approximate surface area is 132 Å². The molecule has 0 unspecified atom stereocenters. The molecule has 0 bridgehead atoms. The maximum Gasteiger partial charge on any atom is 0.374 e. The van der Waals surface area contributed by atoms with Crippen molar-refractivity contribution in [3.05, 3.63) is 54.0 Å². The highest BCUT2D eigenvalue weighted by Crippen LogP contribution is 2.11. The van der Waals surface area contributed by atoms with Crippen LogP contribution in [0.5, 0.6) is 0 Å². The molecule has 0 saturated carbocycles. The summed E-state index contributed by atoms with van der Waals surface area (Å²) in [6.45, 7) is -0.433. The van der Waals surface area contributed by atoms with E-state index in [1.54, 1.807) is 44.4 Å². The molecule has 0 fully saturated rings. The van der Waals surface area contributed by atoms with Crippen LogP contribution in [0.25, 0.3) is 0 Å². The average molecular weight is 316 g/mol. The smallest absolute Gasteiger partial charge is 0.374 e. The second kappa shape index (κ2) is 7.26. The summed E-state index contributed by atoms with van der Waals surface area (Å²) < 4.78 is 9.67. The Bertz CT molecular complexity index is 690. The van der Waals surface area contributed by atoms with Gasteiger partial charge in [-0.2, -0.15) is 0 Å². The van der Waals surface area contributed by atoms with Gasteiger partial charge in [-0.3, -0.25) is 9.59 Å². The van der Waals surface area contributed by atoms with Crippen molar-refractivity contribution in [1.29, 1.82) is 0 Å². The largest absolute Gasteiger partial charge is 0.457 e. The van der Waals surface area contributed by atoms with Gasteiger partial charge in [-0.25, -0.2) is 4.79 Å². The molecule has 2 rings (SSSR count). The van der Waals surface area contributed by atoms with Gasteiger partial charge >= 0.3 is 5.97 Å². The summed E-state index contributed by atoms with van der Waals surface area (Å²) in [6.07, 6.45) is 1.34. The molecule has 0 saturated heterocycles. The summed E-state index contributed by atoms with van der Waals surface area (Å²) in [5, 5.41) is 2.57. The topological polar surface area (TPSA) is 88.9 Å². The number of carbonyl (C=O) groups excluding carboxylic acids is 3. The second-order valence-corrected chi connectivity index (χ2v) is 4.88. The van der Waals surface area contributed by atoms with Crippen molar-refractivity contribution in [2.45, 2.75) is 0 Å². The number of nitrogens with zero attached hydrogens (tertiary/aromatic N) is 1. The first-order chi connectivity index (χ1) is 11.0. The van der Waals surface area contributed by atoms with Crippen LogP contribution in [0.1, 0.15) is 20.9 Å². The van der Waals surface area contributed by atoms with Gasteiger partial charge in [0.25, 0.3) is 11.8 Å². The minimum Gasteiger partial charge on any atom is -0.457 e.